The topological polar surface area (TPSA) is 377 Å². The number of aliphatic hydroxyl groups excluding tert-OH is 2. The number of imidazole rings is 1. The molecule has 3 aromatic rings. The van der Waals surface area contributed by atoms with Gasteiger partial charge in [-0.05, 0) is 19.4 Å². The normalized spacial score (nSPS) is 26.3. The number of aliphatic hydroxyl groups is 2. The van der Waals surface area contributed by atoms with Crippen LogP contribution >= 0.6 is 15.6 Å². The number of fused-ring (bicyclic) bond motifs is 1. The van der Waals surface area contributed by atoms with Crippen molar-refractivity contribution in [1.29, 1.82) is 0 Å². The molecule has 1 unspecified atom stereocenters. The summed E-state index contributed by atoms with van der Waals surface area (Å²) in [6, 6.07) is -0.107. The Balaban J connectivity index is 1.39. The van der Waals surface area contributed by atoms with Gasteiger partial charge in [0.05, 0.1) is 19.5 Å². The molecule has 0 aliphatic carbocycles. The van der Waals surface area contributed by atoms with Gasteiger partial charge in [0.25, 0.3) is 0 Å². The maximum atomic E-state index is 13.6. The molecule has 3 aromatic heterocycles. The summed E-state index contributed by atoms with van der Waals surface area (Å²) in [5.74, 6) is -1.74. The van der Waals surface area contributed by atoms with Crippen molar-refractivity contribution in [3.05, 3.63) is 48.1 Å². The highest BCUT2D eigenvalue weighted by Gasteiger charge is 2.52. The van der Waals surface area contributed by atoms with E-state index in [9.17, 15) is 48.4 Å². The number of carbonyl (C=O) groups is 2. The van der Waals surface area contributed by atoms with Gasteiger partial charge >= 0.3 is 27.3 Å². The van der Waals surface area contributed by atoms with Crippen LogP contribution in [0.1, 0.15) is 38.6 Å². The lowest BCUT2D eigenvalue weighted by Crippen LogP contribution is -2.47. The molecule has 0 saturated carbocycles. The summed E-state index contributed by atoms with van der Waals surface area (Å²) >= 11 is 0. The minimum atomic E-state index is -5.40. The molecule has 2 aliphatic heterocycles. The summed E-state index contributed by atoms with van der Waals surface area (Å²) in [5.41, 5.74) is 10.6. The molecule has 10 N–H and O–H groups in total. The van der Waals surface area contributed by atoms with Crippen LogP contribution in [-0.2, 0) is 51.2 Å². The number of rotatable bonds is 20. The lowest BCUT2D eigenvalue weighted by atomic mass is 10.1. The molecule has 2 saturated heterocycles. The smallest absolute Gasteiger partial charge is 0.455 e. The lowest BCUT2D eigenvalue weighted by Gasteiger charge is -2.26. The number of allylic oxidation sites excluding steroid dienone is 1. The van der Waals surface area contributed by atoms with Crippen molar-refractivity contribution in [2.75, 3.05) is 37.9 Å². The second-order valence-electron chi connectivity index (χ2n) is 12.7. The average molecular weight is 864 g/mol. The highest BCUT2D eigenvalue weighted by atomic mass is 31.2. The zero-order valence-electron chi connectivity index (χ0n) is 30.6. The average Bonchev–Trinajstić information content (AvgIpc) is 3.82. The van der Waals surface area contributed by atoms with E-state index in [4.69, 9.17) is 39.5 Å². The second-order valence-corrected chi connectivity index (χ2v) is 15.3. The van der Waals surface area contributed by atoms with Gasteiger partial charge in [0, 0.05) is 32.3 Å². The Hall–Kier alpha value is -4.27. The van der Waals surface area contributed by atoms with E-state index in [0.717, 1.165) is 17.1 Å². The third kappa shape index (κ3) is 11.1. The van der Waals surface area contributed by atoms with Crippen LogP contribution in [0.15, 0.2) is 42.4 Å². The van der Waals surface area contributed by atoms with Gasteiger partial charge < -0.3 is 60.6 Å². The maximum absolute atomic E-state index is 13.6. The van der Waals surface area contributed by atoms with Crippen molar-refractivity contribution < 1.29 is 76.1 Å². The first-order chi connectivity index (χ1) is 27.4. The molecule has 58 heavy (non-hydrogen) atoms. The summed E-state index contributed by atoms with van der Waals surface area (Å²) in [7, 11) is -10.6. The largest absolute Gasteiger partial charge is 0.472 e. The van der Waals surface area contributed by atoms with Gasteiger partial charge in [-0.15, -0.1) is 6.58 Å². The molecule has 0 aromatic carbocycles. The summed E-state index contributed by atoms with van der Waals surface area (Å²) in [4.78, 5) is 83.8. The Morgan fingerprint density at radius 2 is 1.71 bits per heavy atom. The molecule has 5 rings (SSSR count). The fourth-order valence-corrected chi connectivity index (χ4v) is 7.26. The summed E-state index contributed by atoms with van der Waals surface area (Å²) in [6.07, 6.45) is -8.58. The minimum absolute atomic E-state index is 0.00146. The Kier molecular flexibility index (Phi) is 14.8. The van der Waals surface area contributed by atoms with Crippen LogP contribution < -0.4 is 22.5 Å². The fourth-order valence-electron chi connectivity index (χ4n) is 5.95. The number of nitrogen functional groups attached to an aromatic ring is 2. The van der Waals surface area contributed by atoms with E-state index in [2.05, 4.69) is 36.4 Å². The molecule has 320 valence electrons. The van der Waals surface area contributed by atoms with Crippen LogP contribution in [-0.4, -0.2) is 135 Å². The molecule has 26 nitrogen and oxygen atoms in total. The van der Waals surface area contributed by atoms with Gasteiger partial charge in [0.2, 0.25) is 5.91 Å². The zero-order chi connectivity index (χ0) is 42.4. The Bertz CT molecular complexity index is 2080. The summed E-state index contributed by atoms with van der Waals surface area (Å²) in [6.45, 7) is 3.65. The van der Waals surface area contributed by atoms with Crippen molar-refractivity contribution in [3.8, 4) is 0 Å². The van der Waals surface area contributed by atoms with Crippen molar-refractivity contribution in [1.82, 2.24) is 34.4 Å². The van der Waals surface area contributed by atoms with Crippen LogP contribution in [0, 0.1) is 0 Å². The predicted molar refractivity (Wildman–Crippen MR) is 193 cm³/mol. The Morgan fingerprint density at radius 1 is 1.03 bits per heavy atom. The molecule has 0 radical (unpaired) electrons. The molecule has 2 aliphatic rings. The summed E-state index contributed by atoms with van der Waals surface area (Å²) < 4.78 is 64.5. The van der Waals surface area contributed by atoms with E-state index in [1.165, 1.54) is 23.0 Å². The molecular weight excluding hydrogens is 820 g/mol. The number of anilines is 2. The number of esters is 1. The lowest BCUT2D eigenvalue weighted by molar-refractivity contribution is -0.160. The number of amides is 1. The van der Waals surface area contributed by atoms with E-state index < -0.39 is 102 Å². The quantitative estimate of drug-likeness (QED) is 0.0268. The van der Waals surface area contributed by atoms with Gasteiger partial charge in [-0.3, -0.25) is 27.5 Å². The number of phosphoric acid groups is 2. The number of nitrogens with two attached hydrogens (primary N) is 2. The standard InChI is InChI=1S/C30H43N9O17P2/c1-3-5-6-19(40)36-15(8-10-50-4-2)29(43)55-23-16(53-28(21(23)41)39-14-35-20-25(32)33-13-34-26(20)39)12-52-58(48,49)56-24-17(11-51-57(45,46)47)54-27(22(24)42)38-9-7-18(31)37-30(38)44/h3,7,9,13-17,21-24,27-28,41-42H,1,4-6,8,10-12H2,2H3,(H,36,40)(H,48,49)(H2,31,37,44)(H2,32,33,34)(H2,45,46,47)/t15-,16+,17+,21+,22+,23+,24+,27+,28+/m0/s1. The monoisotopic (exact) mass is 863 g/mol. The van der Waals surface area contributed by atoms with Crippen LogP contribution in [0.3, 0.4) is 0 Å². The number of carbonyl (C=O) groups excluding carboxylic acids is 2. The first-order valence-corrected chi connectivity index (χ1v) is 20.4. The van der Waals surface area contributed by atoms with Gasteiger partial charge in [-0.1, -0.05) is 6.08 Å². The highest BCUT2D eigenvalue weighted by Crippen LogP contribution is 2.50. The van der Waals surface area contributed by atoms with Crippen molar-refractivity contribution in [3.63, 3.8) is 0 Å². The van der Waals surface area contributed by atoms with Crippen LogP contribution in [0.25, 0.3) is 11.2 Å². The maximum Gasteiger partial charge on any atom is 0.472 e. The number of nitrogens with one attached hydrogen (secondary N) is 1. The second kappa shape index (κ2) is 19.2. The van der Waals surface area contributed by atoms with E-state index in [1.54, 1.807) is 6.92 Å². The number of phosphoric ester groups is 2. The Labute approximate surface area is 327 Å². The van der Waals surface area contributed by atoms with Crippen LogP contribution in [0.4, 0.5) is 11.6 Å². The Morgan fingerprint density at radius 3 is 2.38 bits per heavy atom. The van der Waals surface area contributed by atoms with Crippen molar-refractivity contribution in [2.45, 2.75) is 81.3 Å². The number of hydrogen-bond donors (Lipinski definition) is 8. The SMILES string of the molecule is C=CCCC(=O)N[C@@H](CCOCC)C(=O)O[C@H]1[C@@H](O)[C@H](n2cnc3c(N)ncnc32)O[C@@H]1COP(=O)(O)O[C@H]1[C@@H](O)[C@H](n2ccc(N)nc2=O)O[C@@H]1COP(=O)(O)O. The van der Waals surface area contributed by atoms with Crippen molar-refractivity contribution in [2.24, 2.45) is 0 Å². The number of hydrogen-bond acceptors (Lipinski definition) is 20. The van der Waals surface area contributed by atoms with Crippen LogP contribution in [0.2, 0.25) is 0 Å². The first kappa shape index (κ1) is 44.8. The highest BCUT2D eigenvalue weighted by molar-refractivity contribution is 7.47. The molecular formula is C30H43N9O17P2. The van der Waals surface area contributed by atoms with Gasteiger partial charge in [0.15, 0.2) is 30.0 Å². The van der Waals surface area contributed by atoms with Gasteiger partial charge in [-0.2, -0.15) is 4.98 Å². The molecule has 28 heteroatoms. The first-order valence-electron chi connectivity index (χ1n) is 17.4. The molecule has 2 fully saturated rings. The van der Waals surface area contributed by atoms with Gasteiger partial charge in [-0.25, -0.2) is 33.7 Å². The zero-order valence-corrected chi connectivity index (χ0v) is 32.4. The third-order valence-corrected chi connectivity index (χ3v) is 10.1. The number of aromatic nitrogens is 6. The van der Waals surface area contributed by atoms with E-state index in [1.807, 2.05) is 0 Å². The molecule has 1 amide bonds. The van der Waals surface area contributed by atoms with Crippen molar-refractivity contribution >= 4 is 50.3 Å². The van der Waals surface area contributed by atoms with E-state index in [0.29, 0.717) is 13.0 Å². The van der Waals surface area contributed by atoms with E-state index in [-0.39, 0.29) is 42.2 Å². The fraction of sp³-hybridized carbons (Fsp3) is 0.567. The van der Waals surface area contributed by atoms with Crippen LogP contribution in [0.5, 0.6) is 0 Å². The summed E-state index contributed by atoms with van der Waals surface area (Å²) in [5, 5.41) is 25.2. The number of nitrogens with zero attached hydrogens (tertiary/aromatic N) is 6. The predicted octanol–water partition coefficient (Wildman–Crippen LogP) is -1.83. The molecule has 0 spiro atoms. The third-order valence-electron chi connectivity index (χ3n) is 8.67. The minimum Gasteiger partial charge on any atom is -0.455 e. The number of ether oxygens (including phenoxy) is 4. The molecule has 0 bridgehead atoms. The molecule has 5 heterocycles. The van der Waals surface area contributed by atoms with E-state index >= 15 is 0 Å². The van der Waals surface area contributed by atoms with Gasteiger partial charge in [0.1, 0.15) is 54.2 Å². The molecule has 10 atom stereocenters.